The fraction of sp³-hybridized carbons (Fsp3) is 0.600. The lowest BCUT2D eigenvalue weighted by atomic mass is 9.58. The first-order valence-corrected chi connectivity index (χ1v) is 30.2. The normalized spacial score (nSPS) is 26.7. The molecule has 2 aromatic carbocycles. The summed E-state index contributed by atoms with van der Waals surface area (Å²) in [4.78, 5) is 48.3. The maximum absolute atomic E-state index is 14.5. The first kappa shape index (κ1) is 53.9. The number of ether oxygens (including phenoxy) is 1. The number of aryl methyl sites for hydroxylation is 1. The molecule has 5 aromatic rings. The van der Waals surface area contributed by atoms with E-state index in [0.29, 0.717) is 52.3 Å². The highest BCUT2D eigenvalue weighted by molar-refractivity contribution is 7.13. The number of morpholine rings is 1. The molecule has 6 aliphatic heterocycles. The van der Waals surface area contributed by atoms with Gasteiger partial charge >= 0.3 is 0 Å². The number of carbonyl (C=O) groups excluding carboxylic acids is 2. The Bertz CT molecular complexity index is 2920. The molecule has 3 unspecified atom stereocenters. The van der Waals surface area contributed by atoms with Crippen LogP contribution in [0.2, 0.25) is 0 Å². The maximum atomic E-state index is 14.5. The van der Waals surface area contributed by atoms with Gasteiger partial charge in [0.1, 0.15) is 17.7 Å². The number of benzene rings is 2. The molecule has 9 heterocycles. The molecule has 19 heteroatoms. The molecule has 1 spiro atoms. The van der Waals surface area contributed by atoms with Gasteiger partial charge in [-0.15, -0.1) is 21.5 Å². The summed E-state index contributed by atoms with van der Waals surface area (Å²) in [6.07, 6.45) is 9.25. The molecule has 79 heavy (non-hydrogen) atoms. The number of aliphatic hydroxyl groups is 1. The van der Waals surface area contributed by atoms with E-state index in [1.807, 2.05) is 75.7 Å². The summed E-state index contributed by atoms with van der Waals surface area (Å²) < 4.78 is 12.5. The van der Waals surface area contributed by atoms with Gasteiger partial charge in [0.05, 0.1) is 52.3 Å². The van der Waals surface area contributed by atoms with E-state index < -0.39 is 18.1 Å². The lowest BCUT2D eigenvalue weighted by Gasteiger charge is -2.59. The number of piperazine rings is 1. The van der Waals surface area contributed by atoms with Crippen LogP contribution in [0.3, 0.4) is 0 Å². The van der Waals surface area contributed by atoms with Crippen molar-refractivity contribution >= 4 is 40.5 Å². The first-order valence-electron chi connectivity index (χ1n) is 29.3. The standard InChI is InChI=1S/C60H80N12O6S/c1-37(2)55(59(76)72-33-45(73)27-50(72)58(75)63-38(3)41-9-11-42(12-10-41)56-39(4)62-36-79-56)52-29-54(66-78-52)68-21-16-40(17-22-68)30-67-23-19-60(20-24-67)18-15-53(60)69-25-26-77-46(34-69)35-71-43-13-14-44(71)32-70(31-43)49-28-48(64-65-57(49)61)47-7-5-6-8-51(47)74/h5-12,28-29,36-38,40,43-46,50,53,55,73-74H,13-27,30-35H2,1-4H3,(H2,61,65)(H,63,75)/t38-,43?,44?,45+,46-,50-,53?,55+/m0/s1. The Kier molecular flexibility index (Phi) is 15.5. The van der Waals surface area contributed by atoms with E-state index in [9.17, 15) is 19.8 Å². The van der Waals surface area contributed by atoms with Gasteiger partial charge in [0.25, 0.3) is 0 Å². The lowest BCUT2D eigenvalue weighted by Crippen LogP contribution is -2.63. The molecule has 1 aliphatic carbocycles. The third kappa shape index (κ3) is 11.0. The van der Waals surface area contributed by atoms with E-state index >= 15 is 0 Å². The zero-order valence-corrected chi connectivity index (χ0v) is 47.3. The minimum atomic E-state index is -0.796. The van der Waals surface area contributed by atoms with Gasteiger partial charge in [0.2, 0.25) is 11.8 Å². The number of aliphatic hydroxyl groups excluding tert-OH is 1. The quantitative estimate of drug-likeness (QED) is 0.0838. The van der Waals surface area contributed by atoms with Gasteiger partial charge in [-0.1, -0.05) is 55.4 Å². The van der Waals surface area contributed by atoms with Crippen molar-refractivity contribution in [1.82, 2.24) is 45.3 Å². The SMILES string of the molecule is Cc1ncsc1-c1ccc([C@H](C)NC(=O)[C@@H]2C[C@@H](O)CN2C(=O)[C@@H](c2cc(N3CCC(CN4CCC5(CCC5N5CCO[C@H](CN6C7CCC6CN(c6cc(-c8ccccc8O)nnc6N)C7)C5)CC4)CC3)no2)C(C)C)cc1. The summed E-state index contributed by atoms with van der Waals surface area (Å²) >= 11 is 1.61. The number of nitrogens with zero attached hydrogens (tertiary/aromatic N) is 10. The number of para-hydroxylation sites is 1. The highest BCUT2D eigenvalue weighted by Crippen LogP contribution is 2.52. The second kappa shape index (κ2) is 22.7. The highest BCUT2D eigenvalue weighted by Gasteiger charge is 2.52. The molecule has 0 radical (unpaired) electrons. The molecular formula is C60H80N12O6S. The number of thiazole rings is 1. The number of aromatic nitrogens is 4. The van der Waals surface area contributed by atoms with E-state index in [1.54, 1.807) is 22.3 Å². The van der Waals surface area contributed by atoms with E-state index in [1.165, 1.54) is 51.6 Å². The number of nitrogen functional groups attached to an aromatic ring is 1. The summed E-state index contributed by atoms with van der Waals surface area (Å²) in [5.74, 6) is 1.23. The van der Waals surface area contributed by atoms with Crippen molar-refractivity contribution in [3.8, 4) is 27.4 Å². The Morgan fingerprint density at radius 1 is 0.873 bits per heavy atom. The smallest absolute Gasteiger partial charge is 0.243 e. The van der Waals surface area contributed by atoms with Crippen molar-refractivity contribution in [2.24, 2.45) is 17.3 Å². The molecule has 7 aliphatic rings. The number of nitrogens with one attached hydrogen (secondary N) is 1. The van der Waals surface area contributed by atoms with Crippen molar-refractivity contribution in [3.63, 3.8) is 0 Å². The molecule has 422 valence electrons. The lowest BCUT2D eigenvalue weighted by molar-refractivity contribution is -0.141. The Balaban J connectivity index is 0.594. The Hall–Kier alpha value is -5.70. The van der Waals surface area contributed by atoms with Crippen LogP contribution in [0.15, 0.2) is 70.7 Å². The van der Waals surface area contributed by atoms with Gasteiger partial charge in [-0.2, -0.15) is 0 Å². The monoisotopic (exact) mass is 1100 g/mol. The summed E-state index contributed by atoms with van der Waals surface area (Å²) in [5.41, 5.74) is 13.9. The number of phenolic OH excluding ortho intramolecular Hbond substituents is 1. The Morgan fingerprint density at radius 2 is 1.63 bits per heavy atom. The summed E-state index contributed by atoms with van der Waals surface area (Å²) in [5, 5.41) is 37.6. The van der Waals surface area contributed by atoms with Crippen LogP contribution in [0.25, 0.3) is 21.7 Å². The Morgan fingerprint density at radius 3 is 2.33 bits per heavy atom. The zero-order valence-electron chi connectivity index (χ0n) is 46.5. The molecule has 12 rings (SSSR count). The third-order valence-corrected chi connectivity index (χ3v) is 20.3. The number of hydrogen-bond acceptors (Lipinski definition) is 17. The van der Waals surface area contributed by atoms with E-state index in [4.69, 9.17) is 15.0 Å². The van der Waals surface area contributed by atoms with Crippen molar-refractivity contribution in [1.29, 1.82) is 0 Å². The van der Waals surface area contributed by atoms with Crippen LogP contribution < -0.4 is 20.9 Å². The number of hydrogen-bond donors (Lipinski definition) is 4. The van der Waals surface area contributed by atoms with Gasteiger partial charge in [-0.05, 0) is 125 Å². The second-order valence-electron chi connectivity index (χ2n) is 24.5. The molecule has 6 saturated heterocycles. The van der Waals surface area contributed by atoms with Crippen molar-refractivity contribution in [2.45, 2.75) is 134 Å². The molecule has 1 saturated carbocycles. The fourth-order valence-electron chi connectivity index (χ4n) is 14.7. The van der Waals surface area contributed by atoms with Gasteiger partial charge in [-0.3, -0.25) is 19.4 Å². The first-order chi connectivity index (χ1) is 38.3. The number of β-amino-alcohol motifs (C(OH)–C–C–N with tert-alkyl or cyclic N) is 1. The largest absolute Gasteiger partial charge is 0.507 e. The number of nitrogens with two attached hydrogens (primary N) is 1. The molecule has 7 fully saturated rings. The van der Waals surface area contributed by atoms with Crippen LogP contribution in [0.1, 0.15) is 108 Å². The van der Waals surface area contributed by atoms with Crippen LogP contribution >= 0.6 is 11.3 Å². The number of piperidine rings is 2. The third-order valence-electron chi connectivity index (χ3n) is 19.3. The second-order valence-corrected chi connectivity index (χ2v) is 25.3. The number of likely N-dealkylation sites (tertiary alicyclic amines) is 2. The number of amides is 2. The zero-order chi connectivity index (χ0) is 54.5. The van der Waals surface area contributed by atoms with Crippen LogP contribution in [-0.2, 0) is 14.3 Å². The van der Waals surface area contributed by atoms with E-state index in [-0.39, 0.29) is 48.6 Å². The number of carbonyl (C=O) groups is 2. The predicted molar refractivity (Wildman–Crippen MR) is 306 cm³/mol. The summed E-state index contributed by atoms with van der Waals surface area (Å²) in [7, 11) is 0. The van der Waals surface area contributed by atoms with Gasteiger partial charge < -0.3 is 50.1 Å². The topological polar surface area (TPSA) is 206 Å². The average Bonchev–Trinajstić information content (AvgIpc) is 4.39. The predicted octanol–water partition coefficient (Wildman–Crippen LogP) is 6.95. The van der Waals surface area contributed by atoms with Gasteiger partial charge in [0.15, 0.2) is 17.4 Å². The Labute approximate surface area is 468 Å². The fourth-order valence-corrected chi connectivity index (χ4v) is 15.5. The van der Waals surface area contributed by atoms with Crippen LogP contribution in [-0.4, -0.2) is 177 Å². The average molecular weight is 1100 g/mol. The number of phenols is 1. The summed E-state index contributed by atoms with van der Waals surface area (Å²) in [6.45, 7) is 18.8. The van der Waals surface area contributed by atoms with Crippen molar-refractivity contribution < 1.29 is 29.1 Å². The molecule has 5 N–H and O–H groups in total. The van der Waals surface area contributed by atoms with Crippen LogP contribution in [0, 0.1) is 24.2 Å². The van der Waals surface area contributed by atoms with E-state index in [0.717, 1.165) is 105 Å². The van der Waals surface area contributed by atoms with Crippen LogP contribution in [0.4, 0.5) is 17.3 Å². The minimum absolute atomic E-state index is 0.0933. The molecule has 8 atom stereocenters. The van der Waals surface area contributed by atoms with Crippen LogP contribution in [0.5, 0.6) is 5.75 Å². The van der Waals surface area contributed by atoms with Gasteiger partial charge in [-0.25, -0.2) is 4.98 Å². The number of rotatable bonds is 15. The molecular weight excluding hydrogens is 1020 g/mol. The summed E-state index contributed by atoms with van der Waals surface area (Å²) in [6, 6.07) is 19.7. The molecule has 3 aromatic heterocycles. The van der Waals surface area contributed by atoms with E-state index in [2.05, 4.69) is 62.3 Å². The number of aromatic hydroxyl groups is 1. The van der Waals surface area contributed by atoms with Gasteiger partial charge in [0, 0.05) is 95.1 Å². The number of anilines is 3. The number of fused-ring (bicyclic) bond motifs is 2. The maximum Gasteiger partial charge on any atom is 0.243 e. The molecule has 18 nitrogen and oxygen atoms in total. The van der Waals surface area contributed by atoms with Crippen molar-refractivity contribution in [2.75, 3.05) is 94.1 Å². The minimum Gasteiger partial charge on any atom is -0.507 e. The molecule has 2 bridgehead atoms. The molecule has 2 amide bonds. The highest BCUT2D eigenvalue weighted by atomic mass is 32.1. The van der Waals surface area contributed by atoms with Crippen molar-refractivity contribution in [3.05, 3.63) is 83.2 Å².